The lowest BCUT2D eigenvalue weighted by Gasteiger charge is -2.40. The SMILES string of the molecule is C=CCN1C/C(=C/[Si](C)(C)C(C)(C)C)C(C[Si](C)(C)C(C)(C)C)C1. The summed E-state index contributed by atoms with van der Waals surface area (Å²) in [6.07, 6.45) is 2.07. The fourth-order valence-electron chi connectivity index (χ4n) is 3.16. The maximum atomic E-state index is 3.96. The Morgan fingerprint density at radius 3 is 2.00 bits per heavy atom. The van der Waals surface area contributed by atoms with Crippen molar-refractivity contribution in [3.05, 3.63) is 23.9 Å². The van der Waals surface area contributed by atoms with Gasteiger partial charge in [0, 0.05) is 19.6 Å². The highest BCUT2D eigenvalue weighted by atomic mass is 28.3. The minimum Gasteiger partial charge on any atom is -0.295 e. The summed E-state index contributed by atoms with van der Waals surface area (Å²) in [5.74, 6) is 0.764. The molecule has 1 unspecified atom stereocenters. The Kier molecular flexibility index (Phi) is 6.61. The third kappa shape index (κ3) is 5.18. The van der Waals surface area contributed by atoms with E-state index in [1.807, 2.05) is 0 Å². The molecule has 140 valence electrons. The first-order valence-electron chi connectivity index (χ1n) is 9.65. The highest BCUT2D eigenvalue weighted by molar-refractivity contribution is 6.85. The van der Waals surface area contributed by atoms with Gasteiger partial charge in [0.1, 0.15) is 0 Å². The Bertz CT molecular complexity index is 475. The van der Waals surface area contributed by atoms with Crippen LogP contribution < -0.4 is 0 Å². The summed E-state index contributed by atoms with van der Waals surface area (Å²) in [5.41, 5.74) is 4.50. The number of hydrogen-bond acceptors (Lipinski definition) is 1. The summed E-state index contributed by atoms with van der Waals surface area (Å²) in [6.45, 7) is 32.3. The molecule has 24 heavy (non-hydrogen) atoms. The highest BCUT2D eigenvalue weighted by Crippen LogP contribution is 2.44. The standard InChI is InChI=1S/C21H43NSi2/c1-12-13-22-14-18(16-23(8,9)20(2,3)4)19(15-22)17-24(10,11)21(5,6)7/h12,16,19H,1,13-15,17H2,2-11H3/b18-16-. The fourth-order valence-corrected chi connectivity index (χ4v) is 7.09. The van der Waals surface area contributed by atoms with Crippen molar-refractivity contribution in [3.8, 4) is 0 Å². The second-order valence-electron chi connectivity index (χ2n) is 11.2. The summed E-state index contributed by atoms with van der Waals surface area (Å²) in [4.78, 5) is 2.60. The van der Waals surface area contributed by atoms with Gasteiger partial charge in [-0.1, -0.05) is 85.1 Å². The molecule has 0 saturated carbocycles. The molecule has 0 spiro atoms. The van der Waals surface area contributed by atoms with Crippen molar-refractivity contribution in [2.45, 2.75) is 83.9 Å². The van der Waals surface area contributed by atoms with E-state index in [1.54, 1.807) is 5.57 Å². The Balaban J connectivity index is 3.13. The quantitative estimate of drug-likeness (QED) is 0.392. The Labute approximate surface area is 154 Å². The largest absolute Gasteiger partial charge is 0.295 e. The predicted molar refractivity (Wildman–Crippen MR) is 117 cm³/mol. The molecule has 1 aliphatic heterocycles. The predicted octanol–water partition coefficient (Wildman–Crippen LogP) is 6.59. The zero-order valence-electron chi connectivity index (χ0n) is 18.2. The average molecular weight is 366 g/mol. The first-order valence-corrected chi connectivity index (χ1v) is 15.9. The molecule has 0 amide bonds. The molecule has 1 fully saturated rings. The van der Waals surface area contributed by atoms with Crippen LogP contribution in [0.5, 0.6) is 0 Å². The smallest absolute Gasteiger partial charge is 0.0770 e. The van der Waals surface area contributed by atoms with E-state index in [1.165, 1.54) is 12.6 Å². The van der Waals surface area contributed by atoms with E-state index in [2.05, 4.69) is 91.0 Å². The van der Waals surface area contributed by atoms with Gasteiger partial charge in [0.2, 0.25) is 0 Å². The molecule has 0 aromatic heterocycles. The summed E-state index contributed by atoms with van der Waals surface area (Å²) in [5, 5.41) is 0.897. The molecule has 1 atom stereocenters. The lowest BCUT2D eigenvalue weighted by atomic mass is 10.1. The van der Waals surface area contributed by atoms with Crippen LogP contribution in [-0.4, -0.2) is 40.7 Å². The van der Waals surface area contributed by atoms with E-state index >= 15 is 0 Å². The zero-order valence-corrected chi connectivity index (χ0v) is 20.2. The van der Waals surface area contributed by atoms with Gasteiger partial charge in [-0.2, -0.15) is 0 Å². The molecule has 0 radical (unpaired) electrons. The average Bonchev–Trinajstić information content (AvgIpc) is 2.67. The van der Waals surface area contributed by atoms with Crippen molar-refractivity contribution in [2.75, 3.05) is 19.6 Å². The van der Waals surface area contributed by atoms with E-state index in [0.29, 0.717) is 10.1 Å². The zero-order chi connectivity index (χ0) is 19.0. The summed E-state index contributed by atoms with van der Waals surface area (Å²) >= 11 is 0. The summed E-state index contributed by atoms with van der Waals surface area (Å²) in [6, 6.07) is 1.42. The molecule has 0 N–H and O–H groups in total. The van der Waals surface area contributed by atoms with Crippen LogP contribution in [0.4, 0.5) is 0 Å². The maximum Gasteiger partial charge on any atom is 0.0770 e. The van der Waals surface area contributed by atoms with E-state index in [0.717, 1.165) is 19.0 Å². The van der Waals surface area contributed by atoms with Crippen LogP contribution in [0.1, 0.15) is 41.5 Å². The van der Waals surface area contributed by atoms with E-state index < -0.39 is 16.1 Å². The molecule has 0 aromatic rings. The van der Waals surface area contributed by atoms with Crippen molar-refractivity contribution in [3.63, 3.8) is 0 Å². The molecule has 0 bridgehead atoms. The number of likely N-dealkylation sites (tertiary alicyclic amines) is 1. The van der Waals surface area contributed by atoms with Crippen LogP contribution in [-0.2, 0) is 0 Å². The minimum atomic E-state index is -1.38. The Hall–Kier alpha value is -0.126. The van der Waals surface area contributed by atoms with Gasteiger partial charge >= 0.3 is 0 Å². The van der Waals surface area contributed by atoms with Gasteiger partial charge in [-0.25, -0.2) is 0 Å². The van der Waals surface area contributed by atoms with Crippen molar-refractivity contribution in [1.82, 2.24) is 4.90 Å². The second-order valence-corrected chi connectivity index (χ2v) is 22.1. The minimum absolute atomic E-state index is 0.424. The van der Waals surface area contributed by atoms with Crippen molar-refractivity contribution in [1.29, 1.82) is 0 Å². The highest BCUT2D eigenvalue weighted by Gasteiger charge is 2.41. The van der Waals surface area contributed by atoms with Gasteiger partial charge in [0.05, 0.1) is 16.1 Å². The van der Waals surface area contributed by atoms with Crippen LogP contribution in [0.3, 0.4) is 0 Å². The third-order valence-electron chi connectivity index (χ3n) is 7.06. The number of hydrogen-bond donors (Lipinski definition) is 0. The molecular weight excluding hydrogens is 322 g/mol. The van der Waals surface area contributed by atoms with Gasteiger partial charge in [0.15, 0.2) is 0 Å². The van der Waals surface area contributed by atoms with Gasteiger partial charge in [-0.05, 0) is 22.0 Å². The number of rotatable bonds is 5. The van der Waals surface area contributed by atoms with Crippen LogP contribution in [0.2, 0.25) is 42.3 Å². The van der Waals surface area contributed by atoms with Crippen LogP contribution >= 0.6 is 0 Å². The van der Waals surface area contributed by atoms with Crippen molar-refractivity contribution < 1.29 is 0 Å². The molecule has 3 heteroatoms. The first kappa shape index (κ1) is 21.9. The van der Waals surface area contributed by atoms with Gasteiger partial charge < -0.3 is 0 Å². The Morgan fingerprint density at radius 1 is 1.04 bits per heavy atom. The van der Waals surface area contributed by atoms with Gasteiger partial charge in [-0.15, -0.1) is 6.58 Å². The van der Waals surface area contributed by atoms with Crippen molar-refractivity contribution in [2.24, 2.45) is 5.92 Å². The van der Waals surface area contributed by atoms with E-state index in [-0.39, 0.29) is 0 Å². The summed E-state index contributed by atoms with van der Waals surface area (Å²) < 4.78 is 0. The van der Waals surface area contributed by atoms with Crippen molar-refractivity contribution >= 4 is 16.1 Å². The van der Waals surface area contributed by atoms with Crippen LogP contribution in [0, 0.1) is 5.92 Å². The lowest BCUT2D eigenvalue weighted by molar-refractivity contribution is 0.364. The van der Waals surface area contributed by atoms with E-state index in [4.69, 9.17) is 0 Å². The molecule has 0 aromatic carbocycles. The molecule has 1 saturated heterocycles. The summed E-state index contributed by atoms with van der Waals surface area (Å²) in [7, 11) is -2.65. The maximum absolute atomic E-state index is 3.96. The third-order valence-corrected chi connectivity index (χ3v) is 17.6. The Morgan fingerprint density at radius 2 is 1.58 bits per heavy atom. The normalized spacial score (nSPS) is 23.1. The first-order chi connectivity index (χ1) is 10.6. The molecule has 1 nitrogen and oxygen atoms in total. The van der Waals surface area contributed by atoms with Crippen LogP contribution in [0.25, 0.3) is 0 Å². The molecule has 1 rings (SSSR count). The fraction of sp³-hybridized carbons (Fsp3) is 0.810. The molecule has 1 aliphatic rings. The monoisotopic (exact) mass is 365 g/mol. The topological polar surface area (TPSA) is 3.24 Å². The molecule has 0 aliphatic carbocycles. The van der Waals surface area contributed by atoms with E-state index in [9.17, 15) is 0 Å². The van der Waals surface area contributed by atoms with Crippen LogP contribution in [0.15, 0.2) is 23.9 Å². The van der Waals surface area contributed by atoms with Gasteiger partial charge in [-0.3, -0.25) is 4.90 Å². The number of nitrogens with zero attached hydrogens (tertiary/aromatic N) is 1. The second kappa shape index (κ2) is 7.24. The van der Waals surface area contributed by atoms with Gasteiger partial charge in [0.25, 0.3) is 0 Å². The molecule has 1 heterocycles. The lowest BCUT2D eigenvalue weighted by Crippen LogP contribution is -2.40. The molecular formula is C21H43NSi2.